The van der Waals surface area contributed by atoms with Crippen LogP contribution in [0.3, 0.4) is 0 Å². The van der Waals surface area contributed by atoms with E-state index in [1.165, 1.54) is 11.1 Å². The first-order valence-electron chi connectivity index (χ1n) is 12.5. The normalized spacial score (nSPS) is 27.2. The van der Waals surface area contributed by atoms with E-state index in [0.717, 1.165) is 35.4 Å². The molecular formula is C29H34N2O6. The summed E-state index contributed by atoms with van der Waals surface area (Å²) in [6.45, 7) is 1.97. The van der Waals surface area contributed by atoms with Crippen molar-refractivity contribution < 1.29 is 28.4 Å². The summed E-state index contributed by atoms with van der Waals surface area (Å²) in [5, 5.41) is 0. The van der Waals surface area contributed by atoms with Crippen molar-refractivity contribution in [1.82, 2.24) is 9.97 Å². The molecule has 0 radical (unpaired) electrons. The van der Waals surface area contributed by atoms with Crippen LogP contribution in [0.15, 0.2) is 54.7 Å². The first-order chi connectivity index (χ1) is 18.0. The molecule has 1 aliphatic carbocycles. The maximum Gasteiger partial charge on any atom is 0.187 e. The SMILES string of the molecule is COc1ccc(-c2nccc(-c3ccc4c(c3)CC(OC3O[C@@H](C)[C@H](OC)[C@@H](OC)[C@H]3OC)C4)n2)cc1. The number of nitrogens with zero attached hydrogens (tertiary/aromatic N) is 2. The summed E-state index contributed by atoms with van der Waals surface area (Å²) in [4.78, 5) is 9.29. The van der Waals surface area contributed by atoms with E-state index in [1.807, 2.05) is 37.3 Å². The zero-order valence-electron chi connectivity index (χ0n) is 21.9. The Kier molecular flexibility index (Phi) is 7.83. The van der Waals surface area contributed by atoms with Gasteiger partial charge in [0.25, 0.3) is 0 Å². The lowest BCUT2D eigenvalue weighted by molar-refractivity contribution is -0.314. The maximum absolute atomic E-state index is 6.46. The van der Waals surface area contributed by atoms with Crippen LogP contribution in [0.5, 0.6) is 5.75 Å². The number of ether oxygens (including phenoxy) is 6. The topological polar surface area (TPSA) is 81.2 Å². The highest BCUT2D eigenvalue weighted by atomic mass is 16.7. The Morgan fingerprint density at radius 3 is 2.19 bits per heavy atom. The molecule has 8 heteroatoms. The highest BCUT2D eigenvalue weighted by Gasteiger charge is 2.47. The van der Waals surface area contributed by atoms with Gasteiger partial charge in [-0.2, -0.15) is 0 Å². The molecule has 0 N–H and O–H groups in total. The van der Waals surface area contributed by atoms with Crippen molar-refractivity contribution in [2.75, 3.05) is 28.4 Å². The van der Waals surface area contributed by atoms with Crippen molar-refractivity contribution in [3.63, 3.8) is 0 Å². The fourth-order valence-corrected chi connectivity index (χ4v) is 5.35. The first-order valence-corrected chi connectivity index (χ1v) is 12.5. The van der Waals surface area contributed by atoms with Crippen LogP contribution < -0.4 is 4.74 Å². The molecule has 1 aromatic heterocycles. The first kappa shape index (κ1) is 25.8. The smallest absolute Gasteiger partial charge is 0.187 e. The minimum absolute atomic E-state index is 0.0167. The Morgan fingerprint density at radius 1 is 0.784 bits per heavy atom. The van der Waals surface area contributed by atoms with E-state index in [4.69, 9.17) is 33.4 Å². The number of rotatable bonds is 8. The standard InChI is InChI=1S/C29H34N2O6/c1-17-25(33-3)26(34-4)27(35-5)29(36-17)37-23-15-19-6-7-20(14-21(19)16-23)24-12-13-30-28(31-24)18-8-10-22(32-2)11-9-18/h6-14,17,23,25-27,29H,15-16H2,1-5H3/t17-,23?,25-,26+,27+,29?/m0/s1. The quantitative estimate of drug-likeness (QED) is 0.452. The molecule has 3 aromatic rings. The average Bonchev–Trinajstić information content (AvgIpc) is 3.34. The van der Waals surface area contributed by atoms with Gasteiger partial charge < -0.3 is 28.4 Å². The number of hydrogen-bond donors (Lipinski definition) is 0. The van der Waals surface area contributed by atoms with Gasteiger partial charge in [0.2, 0.25) is 0 Å². The van der Waals surface area contributed by atoms with Crippen molar-refractivity contribution in [2.45, 2.75) is 56.6 Å². The lowest BCUT2D eigenvalue weighted by Gasteiger charge is -2.44. The van der Waals surface area contributed by atoms with E-state index in [1.54, 1.807) is 34.6 Å². The highest BCUT2D eigenvalue weighted by molar-refractivity contribution is 5.65. The van der Waals surface area contributed by atoms with Crippen molar-refractivity contribution in [2.24, 2.45) is 0 Å². The number of fused-ring (bicyclic) bond motifs is 1. The molecule has 1 saturated heterocycles. The molecule has 2 unspecified atom stereocenters. The van der Waals surface area contributed by atoms with Gasteiger partial charge in [-0.15, -0.1) is 0 Å². The predicted octanol–water partition coefficient (Wildman–Crippen LogP) is 4.09. The van der Waals surface area contributed by atoms with E-state index in [9.17, 15) is 0 Å². The molecule has 37 heavy (non-hydrogen) atoms. The maximum atomic E-state index is 6.46. The lowest BCUT2D eigenvalue weighted by atomic mass is 9.99. The summed E-state index contributed by atoms with van der Waals surface area (Å²) in [5.74, 6) is 1.48. The number of benzene rings is 2. The van der Waals surface area contributed by atoms with Gasteiger partial charge in [-0.05, 0) is 67.3 Å². The van der Waals surface area contributed by atoms with Crippen LogP contribution in [-0.2, 0) is 36.5 Å². The Hall–Kier alpha value is -2.88. The van der Waals surface area contributed by atoms with E-state index in [0.29, 0.717) is 5.82 Å². The van der Waals surface area contributed by atoms with Crippen molar-refractivity contribution in [3.05, 3.63) is 65.9 Å². The molecule has 1 fully saturated rings. The molecule has 0 bridgehead atoms. The second-order valence-electron chi connectivity index (χ2n) is 9.45. The van der Waals surface area contributed by atoms with Crippen LogP contribution in [0.25, 0.3) is 22.6 Å². The van der Waals surface area contributed by atoms with Crippen LogP contribution in [0.2, 0.25) is 0 Å². The minimum atomic E-state index is -0.538. The van der Waals surface area contributed by atoms with E-state index < -0.39 is 6.29 Å². The molecule has 0 amide bonds. The number of aromatic nitrogens is 2. The Bertz CT molecular complexity index is 1200. The van der Waals surface area contributed by atoms with Crippen LogP contribution in [0.4, 0.5) is 0 Å². The summed E-state index contributed by atoms with van der Waals surface area (Å²) in [7, 11) is 6.63. The number of methoxy groups -OCH3 is 4. The van der Waals surface area contributed by atoms with Crippen LogP contribution in [-0.4, -0.2) is 75.2 Å². The van der Waals surface area contributed by atoms with Gasteiger partial charge in [-0.1, -0.05) is 12.1 Å². The second-order valence-corrected chi connectivity index (χ2v) is 9.45. The summed E-state index contributed by atoms with van der Waals surface area (Å²) < 4.78 is 34.9. The molecule has 0 saturated carbocycles. The summed E-state index contributed by atoms with van der Waals surface area (Å²) in [6, 6.07) is 16.2. The predicted molar refractivity (Wildman–Crippen MR) is 138 cm³/mol. The van der Waals surface area contributed by atoms with E-state index in [-0.39, 0.29) is 30.5 Å². The summed E-state index contributed by atoms with van der Waals surface area (Å²) in [5.41, 5.74) is 5.40. The molecule has 1 aliphatic heterocycles. The van der Waals surface area contributed by atoms with Gasteiger partial charge >= 0.3 is 0 Å². The van der Waals surface area contributed by atoms with Gasteiger partial charge in [0, 0.05) is 38.7 Å². The molecular weight excluding hydrogens is 472 g/mol. The molecule has 2 heterocycles. The van der Waals surface area contributed by atoms with Gasteiger partial charge in [-0.25, -0.2) is 9.97 Å². The van der Waals surface area contributed by atoms with Crippen molar-refractivity contribution in [1.29, 1.82) is 0 Å². The van der Waals surface area contributed by atoms with Crippen LogP contribution in [0, 0.1) is 0 Å². The average molecular weight is 507 g/mol. The third-order valence-corrected chi connectivity index (χ3v) is 7.27. The Balaban J connectivity index is 1.30. The fraction of sp³-hybridized carbons (Fsp3) is 0.448. The number of hydrogen-bond acceptors (Lipinski definition) is 8. The molecule has 2 aromatic carbocycles. The largest absolute Gasteiger partial charge is 0.497 e. The van der Waals surface area contributed by atoms with Gasteiger partial charge in [0.05, 0.1) is 25.0 Å². The molecule has 8 nitrogen and oxygen atoms in total. The summed E-state index contributed by atoms with van der Waals surface area (Å²) in [6.07, 6.45) is 1.77. The van der Waals surface area contributed by atoms with Crippen molar-refractivity contribution >= 4 is 0 Å². The highest BCUT2D eigenvalue weighted by Crippen LogP contribution is 2.33. The van der Waals surface area contributed by atoms with Crippen LogP contribution >= 0.6 is 0 Å². The van der Waals surface area contributed by atoms with E-state index >= 15 is 0 Å². The van der Waals surface area contributed by atoms with Crippen LogP contribution in [0.1, 0.15) is 18.1 Å². The molecule has 0 spiro atoms. The lowest BCUT2D eigenvalue weighted by Crippen LogP contribution is -2.59. The fourth-order valence-electron chi connectivity index (χ4n) is 5.35. The zero-order valence-corrected chi connectivity index (χ0v) is 21.9. The molecule has 2 aliphatic rings. The monoisotopic (exact) mass is 506 g/mol. The van der Waals surface area contributed by atoms with Crippen molar-refractivity contribution in [3.8, 4) is 28.4 Å². The van der Waals surface area contributed by atoms with Gasteiger partial charge in [0.15, 0.2) is 12.1 Å². The molecule has 5 rings (SSSR count). The van der Waals surface area contributed by atoms with Gasteiger partial charge in [-0.3, -0.25) is 0 Å². The third-order valence-electron chi connectivity index (χ3n) is 7.27. The molecule has 196 valence electrons. The van der Waals surface area contributed by atoms with E-state index in [2.05, 4.69) is 23.2 Å². The Morgan fingerprint density at radius 2 is 1.49 bits per heavy atom. The third kappa shape index (κ3) is 5.26. The minimum Gasteiger partial charge on any atom is -0.497 e. The Labute approximate surface area is 217 Å². The zero-order chi connectivity index (χ0) is 25.9. The second kappa shape index (κ2) is 11.2. The summed E-state index contributed by atoms with van der Waals surface area (Å²) >= 11 is 0. The van der Waals surface area contributed by atoms with Gasteiger partial charge in [0.1, 0.15) is 24.1 Å². The molecule has 6 atom stereocenters.